The summed E-state index contributed by atoms with van der Waals surface area (Å²) in [5.41, 5.74) is 1.60. The lowest BCUT2D eigenvalue weighted by Crippen LogP contribution is -2.18. The third kappa shape index (κ3) is 3.89. The second-order valence-electron chi connectivity index (χ2n) is 3.20. The van der Waals surface area contributed by atoms with Crippen molar-refractivity contribution in [3.8, 4) is 11.9 Å². The van der Waals surface area contributed by atoms with E-state index >= 15 is 0 Å². The molecule has 1 aromatic heterocycles. The fourth-order valence-electron chi connectivity index (χ4n) is 1.33. The lowest BCUT2D eigenvalue weighted by molar-refractivity contribution is -0.276. The summed E-state index contributed by atoms with van der Waals surface area (Å²) in [6.45, 7) is 1.57. The van der Waals surface area contributed by atoms with Crippen molar-refractivity contribution in [3.05, 3.63) is 22.9 Å². The fraction of sp³-hybridized carbons (Fsp3) is 0.400. The van der Waals surface area contributed by atoms with E-state index in [0.717, 1.165) is 6.07 Å². The summed E-state index contributed by atoms with van der Waals surface area (Å²) in [4.78, 5) is 3.69. The van der Waals surface area contributed by atoms with Crippen LogP contribution in [0.1, 0.15) is 16.8 Å². The van der Waals surface area contributed by atoms with Crippen LogP contribution in [0.15, 0.2) is 6.07 Å². The van der Waals surface area contributed by atoms with Gasteiger partial charge in [-0.2, -0.15) is 5.26 Å². The average Bonchev–Trinajstić information content (AvgIpc) is 2.15. The monoisotopic (exact) mass is 308 g/mol. The van der Waals surface area contributed by atoms with Crippen LogP contribution in [0.25, 0.3) is 0 Å². The maximum Gasteiger partial charge on any atom is 0.574 e. The first-order valence-corrected chi connectivity index (χ1v) is 5.67. The van der Waals surface area contributed by atoms with E-state index in [1.165, 1.54) is 0 Å². The zero-order valence-electron chi connectivity index (χ0n) is 8.81. The van der Waals surface area contributed by atoms with E-state index in [1.807, 2.05) is 6.07 Å². The lowest BCUT2D eigenvalue weighted by atomic mass is 10.1. The van der Waals surface area contributed by atoms with Crippen LogP contribution in [0.3, 0.4) is 0 Å². The summed E-state index contributed by atoms with van der Waals surface area (Å²) in [5.74, 6) is -0.537. The number of alkyl halides is 4. The van der Waals surface area contributed by atoms with Gasteiger partial charge in [0.1, 0.15) is 0 Å². The topological polar surface area (TPSA) is 45.9 Å². The number of rotatable bonds is 3. The molecule has 0 amide bonds. The summed E-state index contributed by atoms with van der Waals surface area (Å²) < 4.78 is 39.8. The SMILES string of the molecule is Cc1nc(OC(F)(F)F)cc(CC#N)c1CBr. The van der Waals surface area contributed by atoms with Crippen LogP contribution in [0.5, 0.6) is 5.88 Å². The van der Waals surface area contributed by atoms with Crippen LogP contribution in [-0.4, -0.2) is 11.3 Å². The van der Waals surface area contributed by atoms with Crippen LogP contribution >= 0.6 is 15.9 Å². The van der Waals surface area contributed by atoms with Crippen molar-refractivity contribution in [2.24, 2.45) is 0 Å². The number of nitrogens with zero attached hydrogens (tertiary/aromatic N) is 2. The molecule has 0 radical (unpaired) electrons. The van der Waals surface area contributed by atoms with Gasteiger partial charge in [-0.05, 0) is 18.1 Å². The molecule has 0 bridgehead atoms. The van der Waals surface area contributed by atoms with Crippen LogP contribution in [0.2, 0.25) is 0 Å². The molecule has 0 atom stereocenters. The molecule has 0 saturated carbocycles. The first-order chi connectivity index (χ1) is 7.87. The minimum atomic E-state index is -4.78. The van der Waals surface area contributed by atoms with Crippen LogP contribution < -0.4 is 4.74 Å². The van der Waals surface area contributed by atoms with Crippen molar-refractivity contribution < 1.29 is 17.9 Å². The molecule has 0 N–H and O–H groups in total. The van der Waals surface area contributed by atoms with Crippen LogP contribution in [-0.2, 0) is 11.8 Å². The number of nitriles is 1. The molecule has 0 unspecified atom stereocenters. The third-order valence-corrected chi connectivity index (χ3v) is 2.58. The van der Waals surface area contributed by atoms with Gasteiger partial charge in [-0.25, -0.2) is 4.98 Å². The van der Waals surface area contributed by atoms with Gasteiger partial charge in [-0.1, -0.05) is 15.9 Å². The van der Waals surface area contributed by atoms with E-state index in [9.17, 15) is 13.2 Å². The minimum Gasteiger partial charge on any atom is -0.388 e. The number of ether oxygens (including phenoxy) is 1. The molecule has 0 aromatic carbocycles. The second-order valence-corrected chi connectivity index (χ2v) is 3.76. The number of halogens is 4. The van der Waals surface area contributed by atoms with Gasteiger partial charge in [-0.3, -0.25) is 0 Å². The number of hydrogen-bond acceptors (Lipinski definition) is 3. The maximum atomic E-state index is 12.0. The summed E-state index contributed by atoms with van der Waals surface area (Å²) in [7, 11) is 0. The Morgan fingerprint density at radius 3 is 2.65 bits per heavy atom. The van der Waals surface area contributed by atoms with E-state index in [2.05, 4.69) is 25.7 Å². The van der Waals surface area contributed by atoms with Gasteiger partial charge in [0.15, 0.2) is 0 Å². The number of pyridine rings is 1. The molecular weight excluding hydrogens is 301 g/mol. The molecule has 0 aliphatic rings. The van der Waals surface area contributed by atoms with Gasteiger partial charge in [0.2, 0.25) is 5.88 Å². The standard InChI is InChI=1S/C10H8BrF3N2O/c1-6-8(5-11)7(2-3-15)4-9(16-6)17-10(12,13)14/h4H,2,5H2,1H3. The smallest absolute Gasteiger partial charge is 0.388 e. The zero-order valence-corrected chi connectivity index (χ0v) is 10.4. The number of aryl methyl sites for hydroxylation is 1. The Kier molecular flexibility index (Phi) is 4.34. The summed E-state index contributed by atoms with van der Waals surface area (Å²) in [6.07, 6.45) is -4.77. The van der Waals surface area contributed by atoms with Gasteiger partial charge in [0.25, 0.3) is 0 Å². The van der Waals surface area contributed by atoms with Gasteiger partial charge < -0.3 is 4.74 Å². The lowest BCUT2D eigenvalue weighted by Gasteiger charge is -2.12. The molecule has 0 fully saturated rings. The number of hydrogen-bond donors (Lipinski definition) is 0. The quantitative estimate of drug-likeness (QED) is 0.805. The summed E-state index contributed by atoms with van der Waals surface area (Å²) >= 11 is 3.20. The molecule has 0 aliphatic heterocycles. The zero-order chi connectivity index (χ0) is 13.1. The van der Waals surface area contributed by atoms with E-state index in [0.29, 0.717) is 22.2 Å². The first kappa shape index (κ1) is 13.8. The maximum absolute atomic E-state index is 12.0. The third-order valence-electron chi connectivity index (χ3n) is 2.02. The van der Waals surface area contributed by atoms with Crippen molar-refractivity contribution in [1.82, 2.24) is 4.98 Å². The van der Waals surface area contributed by atoms with E-state index in [4.69, 9.17) is 5.26 Å². The minimum absolute atomic E-state index is 0.0124. The van der Waals surface area contributed by atoms with Crippen LogP contribution in [0.4, 0.5) is 13.2 Å². The Labute approximate surface area is 104 Å². The van der Waals surface area contributed by atoms with Crippen molar-refractivity contribution in [1.29, 1.82) is 5.26 Å². The molecule has 1 heterocycles. The predicted octanol–water partition coefficient (Wildman–Crippen LogP) is 3.25. The summed E-state index contributed by atoms with van der Waals surface area (Å²) in [6, 6.07) is 3.03. The van der Waals surface area contributed by atoms with Crippen molar-refractivity contribution in [2.75, 3.05) is 0 Å². The van der Waals surface area contributed by atoms with E-state index in [1.54, 1.807) is 6.92 Å². The molecule has 0 aliphatic carbocycles. The highest BCUT2D eigenvalue weighted by Gasteiger charge is 2.32. The molecule has 1 aromatic rings. The fourth-order valence-corrected chi connectivity index (χ4v) is 2.10. The highest BCUT2D eigenvalue weighted by molar-refractivity contribution is 9.08. The second kappa shape index (κ2) is 5.36. The van der Waals surface area contributed by atoms with Crippen LogP contribution in [0, 0.1) is 18.3 Å². The normalized spacial score (nSPS) is 11.1. The molecule has 1 rings (SSSR count). The predicted molar refractivity (Wildman–Crippen MR) is 57.6 cm³/mol. The average molecular weight is 309 g/mol. The Bertz CT molecular complexity index is 454. The van der Waals surface area contributed by atoms with E-state index in [-0.39, 0.29) is 6.42 Å². The Balaban J connectivity index is 3.15. The summed E-state index contributed by atoms with van der Waals surface area (Å²) in [5, 5.41) is 9.03. The Morgan fingerprint density at radius 1 is 1.53 bits per heavy atom. The first-order valence-electron chi connectivity index (χ1n) is 4.55. The highest BCUT2D eigenvalue weighted by Crippen LogP contribution is 2.26. The van der Waals surface area contributed by atoms with Crippen molar-refractivity contribution >= 4 is 15.9 Å². The van der Waals surface area contributed by atoms with Gasteiger partial charge in [0.05, 0.1) is 12.5 Å². The number of aromatic nitrogens is 1. The largest absolute Gasteiger partial charge is 0.574 e. The van der Waals surface area contributed by atoms with Gasteiger partial charge in [-0.15, -0.1) is 13.2 Å². The Morgan fingerprint density at radius 2 is 2.18 bits per heavy atom. The van der Waals surface area contributed by atoms with Gasteiger partial charge >= 0.3 is 6.36 Å². The van der Waals surface area contributed by atoms with Gasteiger partial charge in [0, 0.05) is 17.1 Å². The molecular formula is C10H8BrF3N2O. The molecule has 3 nitrogen and oxygen atoms in total. The Hall–Kier alpha value is -1.29. The highest BCUT2D eigenvalue weighted by atomic mass is 79.9. The van der Waals surface area contributed by atoms with E-state index < -0.39 is 12.2 Å². The molecule has 0 saturated heterocycles. The molecule has 17 heavy (non-hydrogen) atoms. The molecule has 7 heteroatoms. The molecule has 0 spiro atoms. The molecule has 92 valence electrons. The van der Waals surface area contributed by atoms with Crippen molar-refractivity contribution in [3.63, 3.8) is 0 Å². The van der Waals surface area contributed by atoms with Crippen molar-refractivity contribution in [2.45, 2.75) is 25.0 Å².